The van der Waals surface area contributed by atoms with E-state index in [9.17, 15) is 52.7 Å². The van der Waals surface area contributed by atoms with Gasteiger partial charge in [-0.1, -0.05) is 325 Å². The molecule has 0 saturated carbocycles. The van der Waals surface area contributed by atoms with Crippen LogP contribution in [-0.4, -0.2) is 60.3 Å². The lowest BCUT2D eigenvalue weighted by Crippen LogP contribution is -2.14. The van der Waals surface area contributed by atoms with Crippen molar-refractivity contribution in [1.82, 2.24) is 15.0 Å². The van der Waals surface area contributed by atoms with Crippen LogP contribution in [0.2, 0.25) is 0 Å². The molecule has 3 aromatic heterocycles. The second-order valence-corrected chi connectivity index (χ2v) is 43.7. The standard InChI is InChI=1S/C12H18.3C10H15N.2C8H15F3.2C8H18.2C7H13F3.C7H16.C2H6O.CH3Cl/c1-10(12(2,3)4)11-8-6-5-7-9-11;1-10(2,3)8-9-4-6-11-7-5-9;1-10(2,3)7-9-5-4-6-11-8-9;1-10(2,3)8-9-6-4-5-7-11-9;2*1-7(2,3)5-4-6-8(9,10)11;1-7(2)6-8(3,4)5;1-5-6-7-8(2,3)4;2*1-6(2,3)4-5-7(8,9)10;1-5-6-7(2,3)4;1-3-2;1-2/h5-10H,1-4H3;4-7H,8H2,1-3H3;4-6,8H,7H2,1-3H3;4-7H,8H2,1-3H3;2*4-6H2,1-3H3;7H,6H2,1-5H3;5-7H2,1-4H3;2*4-5H2,1-3H3;5-6H2,1-4H3;1-2H3;1H3. The highest BCUT2D eigenvalue weighted by Crippen LogP contribution is 2.36. The van der Waals surface area contributed by atoms with Gasteiger partial charge in [-0.2, -0.15) is 52.7 Å². The van der Waals surface area contributed by atoms with E-state index in [2.05, 4.69) is 266 Å². The summed E-state index contributed by atoms with van der Waals surface area (Å²) in [6, 6.07) is 25.0. The summed E-state index contributed by atoms with van der Waals surface area (Å²) < 4.78 is 144. The van der Waals surface area contributed by atoms with E-state index in [1.807, 2.05) is 90.7 Å². The fourth-order valence-corrected chi connectivity index (χ4v) is 9.87. The second-order valence-electron chi connectivity index (χ2n) is 43.7. The summed E-state index contributed by atoms with van der Waals surface area (Å²) in [5.41, 5.74) is 7.98. The molecule has 17 heteroatoms. The number of rotatable bonds is 14. The zero-order chi connectivity index (χ0) is 93.2. The smallest absolute Gasteiger partial charge is 0.388 e. The number of unbranched alkanes of at least 4 members (excludes halogenated alkanes) is 1. The lowest BCUT2D eigenvalue weighted by Gasteiger charge is -2.27. The van der Waals surface area contributed by atoms with Crippen molar-refractivity contribution in [1.29, 1.82) is 0 Å². The summed E-state index contributed by atoms with van der Waals surface area (Å²) >= 11 is 4.64. The summed E-state index contributed by atoms with van der Waals surface area (Å²) in [5.74, 6) is 1.47. The van der Waals surface area contributed by atoms with E-state index in [4.69, 9.17) is 0 Å². The lowest BCUT2D eigenvalue weighted by molar-refractivity contribution is -0.140. The molecule has 1 aromatic carbocycles. The predicted molar refractivity (Wildman–Crippen MR) is 482 cm³/mol. The predicted octanol–water partition coefficient (Wildman–Crippen LogP) is 36.4. The molecule has 4 aromatic rings. The van der Waals surface area contributed by atoms with E-state index >= 15 is 0 Å². The molecule has 0 aliphatic carbocycles. The van der Waals surface area contributed by atoms with E-state index in [1.165, 1.54) is 67.3 Å². The Morgan fingerprint density at radius 1 is 0.313 bits per heavy atom. The molecule has 1 unspecified atom stereocenters. The van der Waals surface area contributed by atoms with Crippen LogP contribution >= 0.6 is 11.6 Å². The Labute approximate surface area is 708 Å². The van der Waals surface area contributed by atoms with Gasteiger partial charge in [0.1, 0.15) is 0 Å². The van der Waals surface area contributed by atoms with Gasteiger partial charge in [0.15, 0.2) is 0 Å². The van der Waals surface area contributed by atoms with Crippen LogP contribution in [0.3, 0.4) is 0 Å². The van der Waals surface area contributed by atoms with Crippen molar-refractivity contribution in [2.75, 3.05) is 20.6 Å². The molecule has 0 bridgehead atoms. The minimum atomic E-state index is -3.99. The van der Waals surface area contributed by atoms with Crippen molar-refractivity contribution in [3.05, 3.63) is 126 Å². The van der Waals surface area contributed by atoms with E-state index in [-0.39, 0.29) is 47.3 Å². The topological polar surface area (TPSA) is 47.9 Å². The Hall–Kier alpha value is -3.92. The quantitative estimate of drug-likeness (QED) is 0.0932. The average molecular weight is 1680 g/mol. The number of methoxy groups -OCH3 is 1. The molecule has 4 rings (SSSR count). The molecule has 1 atom stereocenters. The summed E-state index contributed by atoms with van der Waals surface area (Å²) in [6.07, 6.45) is 5.66. The van der Waals surface area contributed by atoms with E-state index < -0.39 is 50.4 Å². The number of halogens is 13. The summed E-state index contributed by atoms with van der Waals surface area (Å²) in [7, 11) is 3.25. The van der Waals surface area contributed by atoms with Crippen molar-refractivity contribution in [2.45, 2.75) is 416 Å². The van der Waals surface area contributed by atoms with Crippen molar-refractivity contribution in [3.8, 4) is 0 Å². The van der Waals surface area contributed by atoms with Crippen LogP contribution in [0, 0.1) is 65.5 Å². The Morgan fingerprint density at radius 3 is 0.861 bits per heavy atom. The highest BCUT2D eigenvalue weighted by molar-refractivity contribution is 6.15. The van der Waals surface area contributed by atoms with Gasteiger partial charge in [-0.25, -0.2) is 0 Å². The Morgan fingerprint density at radius 2 is 0.643 bits per heavy atom. The first-order valence-electron chi connectivity index (χ1n) is 41.8. The van der Waals surface area contributed by atoms with Crippen LogP contribution < -0.4 is 0 Å². The van der Waals surface area contributed by atoms with E-state index in [0.717, 1.165) is 25.2 Å². The van der Waals surface area contributed by atoms with Crippen molar-refractivity contribution < 1.29 is 57.4 Å². The van der Waals surface area contributed by atoms with Crippen LogP contribution in [0.5, 0.6) is 0 Å². The van der Waals surface area contributed by atoms with E-state index in [1.54, 1.807) is 55.8 Å². The molecule has 684 valence electrons. The number of hydrogen-bond donors (Lipinski definition) is 0. The Kier molecular flexibility index (Phi) is 70.9. The Balaban J connectivity index is -0.000000153. The molecule has 0 radical (unpaired) electrons. The van der Waals surface area contributed by atoms with Crippen molar-refractivity contribution >= 4 is 11.6 Å². The highest BCUT2D eigenvalue weighted by Gasteiger charge is 2.31. The number of ether oxygens (including phenoxy) is 1. The molecule has 0 aliphatic rings. The van der Waals surface area contributed by atoms with Gasteiger partial charge in [0, 0.05) is 83.0 Å². The third-order valence-electron chi connectivity index (χ3n) is 15.4. The number of nitrogens with zero attached hydrogens (tertiary/aromatic N) is 3. The molecule has 0 aliphatic heterocycles. The van der Waals surface area contributed by atoms with Crippen molar-refractivity contribution in [3.63, 3.8) is 0 Å². The SMILES string of the molecule is CC(C)(C)CCC(F)(F)F.CC(C)(C)CCC(F)(F)F.CC(C)(C)CCCC(F)(F)F.CC(C)(C)CCCC(F)(F)F.CC(C)(C)Cc1ccccn1.CC(C)(C)Cc1cccnc1.CC(C)(C)Cc1ccncc1.CC(C)CC(C)(C)C.CC(c1ccccc1)C(C)(C)C.CCCC(C)(C)C.CCCCC(C)(C)C.CCl.COC. The minimum Gasteiger partial charge on any atom is -0.388 e. The molecule has 0 fully saturated rings. The summed E-state index contributed by atoms with van der Waals surface area (Å²) in [5, 5.41) is 0. The van der Waals surface area contributed by atoms with Crippen molar-refractivity contribution in [2.24, 2.45) is 65.5 Å². The normalized spacial score (nSPS) is 12.5. The molecule has 0 saturated heterocycles. The fourth-order valence-electron chi connectivity index (χ4n) is 9.87. The third-order valence-corrected chi connectivity index (χ3v) is 15.4. The van der Waals surface area contributed by atoms with Gasteiger partial charge >= 0.3 is 24.7 Å². The summed E-state index contributed by atoms with van der Waals surface area (Å²) in [4.78, 5) is 12.3. The number of pyridine rings is 3. The molecule has 0 N–H and O–H groups in total. The zero-order valence-electron chi connectivity index (χ0n) is 81.6. The maximum Gasteiger partial charge on any atom is 0.389 e. The third kappa shape index (κ3) is 136. The maximum atomic E-state index is 11.6. The molecule has 0 amide bonds. The first-order valence-corrected chi connectivity index (χ1v) is 42.6. The Bertz CT molecular complexity index is 2490. The average Bonchev–Trinajstić information content (AvgIpc) is 0.589. The number of hydrogen-bond acceptors (Lipinski definition) is 4. The van der Waals surface area contributed by atoms with Crippen LogP contribution in [0.1, 0.15) is 394 Å². The van der Waals surface area contributed by atoms with Crippen LogP contribution in [0.15, 0.2) is 104 Å². The van der Waals surface area contributed by atoms with E-state index in [0.29, 0.717) is 56.7 Å². The monoisotopic (exact) mass is 1680 g/mol. The van der Waals surface area contributed by atoms with Crippen LogP contribution in [0.4, 0.5) is 52.7 Å². The van der Waals surface area contributed by atoms with Crippen LogP contribution in [0.25, 0.3) is 0 Å². The van der Waals surface area contributed by atoms with Crippen LogP contribution in [-0.2, 0) is 24.0 Å². The number of alkyl halides is 13. The molecular weight excluding hydrogens is 1500 g/mol. The molecular formula is C98H180ClF12N3O. The molecule has 4 nitrogen and oxygen atoms in total. The van der Waals surface area contributed by atoms with Gasteiger partial charge < -0.3 is 4.74 Å². The first kappa shape index (κ1) is 129. The molecule has 0 spiro atoms. The first-order chi connectivity index (χ1) is 51.0. The van der Waals surface area contributed by atoms with Gasteiger partial charge in [0.05, 0.1) is 0 Å². The largest absolute Gasteiger partial charge is 0.389 e. The minimum absolute atomic E-state index is 0.0191. The highest BCUT2D eigenvalue weighted by atomic mass is 35.5. The maximum absolute atomic E-state index is 11.6. The number of aromatic nitrogens is 3. The fraction of sp³-hybridized carbons (Fsp3) is 0.786. The van der Waals surface area contributed by atoms with Gasteiger partial charge in [0.25, 0.3) is 0 Å². The van der Waals surface area contributed by atoms with Gasteiger partial charge in [-0.15, -0.1) is 11.6 Å². The second kappa shape index (κ2) is 63.1. The molecule has 3 heterocycles. The summed E-state index contributed by atoms with van der Waals surface area (Å²) in [6.45, 7) is 81.3. The van der Waals surface area contributed by atoms with Gasteiger partial charge in [-0.05, 0) is 195 Å². The zero-order valence-corrected chi connectivity index (χ0v) is 82.3. The number of benzene rings is 1. The van der Waals surface area contributed by atoms with Gasteiger partial charge in [-0.3, -0.25) is 15.0 Å². The lowest BCUT2D eigenvalue weighted by atomic mass is 9.78. The molecule has 115 heavy (non-hydrogen) atoms. The van der Waals surface area contributed by atoms with Gasteiger partial charge in [0.2, 0.25) is 0 Å².